The summed E-state index contributed by atoms with van der Waals surface area (Å²) in [5, 5.41) is 3.87. The molecule has 138 valence electrons. The lowest BCUT2D eigenvalue weighted by Gasteiger charge is -2.39. The third-order valence-corrected chi connectivity index (χ3v) is 5.39. The second-order valence-electron chi connectivity index (χ2n) is 7.22. The van der Waals surface area contributed by atoms with E-state index in [0.717, 1.165) is 38.8 Å². The average molecular weight is 349 g/mol. The number of rotatable bonds is 4. The summed E-state index contributed by atoms with van der Waals surface area (Å²) in [4.78, 5) is 32.7. The van der Waals surface area contributed by atoms with Crippen molar-refractivity contribution in [2.24, 2.45) is 11.7 Å². The number of aromatic nitrogens is 2. The van der Waals surface area contributed by atoms with Gasteiger partial charge in [0.25, 0.3) is 0 Å². The molecule has 8 heteroatoms. The third kappa shape index (κ3) is 4.00. The zero-order chi connectivity index (χ0) is 18.0. The molecular weight excluding hydrogens is 322 g/mol. The lowest BCUT2D eigenvalue weighted by Crippen LogP contribution is -2.53. The fourth-order valence-corrected chi connectivity index (χ4v) is 3.87. The van der Waals surface area contributed by atoms with E-state index in [0.29, 0.717) is 24.8 Å². The van der Waals surface area contributed by atoms with Crippen LogP contribution in [0.3, 0.4) is 0 Å². The largest absolute Gasteiger partial charge is 0.369 e. The molecule has 3 unspecified atom stereocenters. The number of primary amides is 1. The van der Waals surface area contributed by atoms with E-state index in [2.05, 4.69) is 15.0 Å². The van der Waals surface area contributed by atoms with Crippen LogP contribution in [0.2, 0.25) is 0 Å². The van der Waals surface area contributed by atoms with E-state index in [1.165, 1.54) is 0 Å². The van der Waals surface area contributed by atoms with Crippen molar-refractivity contribution >= 4 is 11.8 Å². The van der Waals surface area contributed by atoms with Gasteiger partial charge in [-0.25, -0.2) is 0 Å². The van der Waals surface area contributed by atoms with Gasteiger partial charge in [0.15, 0.2) is 5.82 Å². The SMILES string of the molecule is Cc1noc(C2CCCN(C(C)C(=O)N3CCCC(C(N)=O)C3)C2)n1. The van der Waals surface area contributed by atoms with Crippen molar-refractivity contribution in [1.29, 1.82) is 0 Å². The summed E-state index contributed by atoms with van der Waals surface area (Å²) >= 11 is 0. The molecule has 0 aliphatic carbocycles. The molecule has 3 rings (SSSR count). The van der Waals surface area contributed by atoms with Crippen LogP contribution in [0.4, 0.5) is 0 Å². The zero-order valence-corrected chi connectivity index (χ0v) is 15.0. The molecule has 2 fully saturated rings. The van der Waals surface area contributed by atoms with Gasteiger partial charge in [-0.1, -0.05) is 5.16 Å². The van der Waals surface area contributed by atoms with Gasteiger partial charge in [-0.15, -0.1) is 0 Å². The Labute approximate surface area is 147 Å². The van der Waals surface area contributed by atoms with Crippen LogP contribution in [-0.2, 0) is 9.59 Å². The molecule has 25 heavy (non-hydrogen) atoms. The summed E-state index contributed by atoms with van der Waals surface area (Å²) in [6, 6.07) is -0.224. The number of nitrogens with zero attached hydrogens (tertiary/aromatic N) is 4. The van der Waals surface area contributed by atoms with Gasteiger partial charge in [-0.2, -0.15) is 4.98 Å². The number of aryl methyl sites for hydroxylation is 1. The standard InChI is InChI=1S/C17H27N5O3/c1-11(17(24)22-8-3-5-13(9-22)15(18)23)21-7-4-6-14(10-21)16-19-12(2)20-25-16/h11,13-14H,3-10H2,1-2H3,(H2,18,23). The van der Waals surface area contributed by atoms with Gasteiger partial charge in [0.2, 0.25) is 17.7 Å². The summed E-state index contributed by atoms with van der Waals surface area (Å²) < 4.78 is 5.31. The first kappa shape index (κ1) is 17.8. The molecule has 0 saturated carbocycles. The lowest BCUT2D eigenvalue weighted by atomic mass is 9.95. The Balaban J connectivity index is 1.62. The third-order valence-electron chi connectivity index (χ3n) is 5.39. The predicted molar refractivity (Wildman–Crippen MR) is 90.5 cm³/mol. The first-order valence-corrected chi connectivity index (χ1v) is 9.08. The van der Waals surface area contributed by atoms with E-state index in [9.17, 15) is 9.59 Å². The molecule has 2 N–H and O–H groups in total. The van der Waals surface area contributed by atoms with Gasteiger partial charge < -0.3 is 15.2 Å². The second kappa shape index (κ2) is 7.51. The predicted octanol–water partition coefficient (Wildman–Crippen LogP) is 0.670. The number of piperidine rings is 2. The van der Waals surface area contributed by atoms with Crippen molar-refractivity contribution in [3.63, 3.8) is 0 Å². The molecule has 1 aromatic rings. The number of hydrogen-bond acceptors (Lipinski definition) is 6. The van der Waals surface area contributed by atoms with Crippen molar-refractivity contribution in [2.45, 2.75) is 51.5 Å². The first-order valence-electron chi connectivity index (χ1n) is 9.08. The van der Waals surface area contributed by atoms with Gasteiger partial charge in [0.1, 0.15) is 0 Å². The van der Waals surface area contributed by atoms with Crippen LogP contribution < -0.4 is 5.73 Å². The molecular formula is C17H27N5O3. The van der Waals surface area contributed by atoms with Crippen molar-refractivity contribution in [1.82, 2.24) is 19.9 Å². The molecule has 1 aromatic heterocycles. The van der Waals surface area contributed by atoms with Crippen LogP contribution in [0.15, 0.2) is 4.52 Å². The molecule has 8 nitrogen and oxygen atoms in total. The zero-order valence-electron chi connectivity index (χ0n) is 15.0. The number of hydrogen-bond donors (Lipinski definition) is 1. The number of carbonyl (C=O) groups is 2. The molecule has 2 aliphatic rings. The summed E-state index contributed by atoms with van der Waals surface area (Å²) in [5.74, 6) is 1.02. The maximum Gasteiger partial charge on any atom is 0.239 e. The Morgan fingerprint density at radius 1 is 1.24 bits per heavy atom. The number of likely N-dealkylation sites (tertiary alicyclic amines) is 2. The maximum absolute atomic E-state index is 12.9. The normalized spacial score (nSPS) is 26.4. The van der Waals surface area contributed by atoms with Crippen molar-refractivity contribution in [3.8, 4) is 0 Å². The fourth-order valence-electron chi connectivity index (χ4n) is 3.87. The Morgan fingerprint density at radius 3 is 2.68 bits per heavy atom. The highest BCUT2D eigenvalue weighted by Crippen LogP contribution is 2.27. The van der Waals surface area contributed by atoms with Crippen LogP contribution in [0.25, 0.3) is 0 Å². The minimum atomic E-state index is -0.310. The smallest absolute Gasteiger partial charge is 0.239 e. The second-order valence-corrected chi connectivity index (χ2v) is 7.22. The van der Waals surface area contributed by atoms with Crippen LogP contribution in [0.5, 0.6) is 0 Å². The summed E-state index contributed by atoms with van der Waals surface area (Å²) in [6.07, 6.45) is 3.59. The van der Waals surface area contributed by atoms with E-state index in [-0.39, 0.29) is 29.7 Å². The van der Waals surface area contributed by atoms with Crippen LogP contribution in [0, 0.1) is 12.8 Å². The average Bonchev–Trinajstić information content (AvgIpc) is 3.07. The molecule has 0 aromatic carbocycles. The van der Waals surface area contributed by atoms with Crippen molar-refractivity contribution in [3.05, 3.63) is 11.7 Å². The molecule has 3 atom stereocenters. The fraction of sp³-hybridized carbons (Fsp3) is 0.765. The molecule has 0 bridgehead atoms. The minimum Gasteiger partial charge on any atom is -0.369 e. The van der Waals surface area contributed by atoms with Gasteiger partial charge in [-0.05, 0) is 46.1 Å². The lowest BCUT2D eigenvalue weighted by molar-refractivity contribution is -0.140. The minimum absolute atomic E-state index is 0.0771. The van der Waals surface area contributed by atoms with Crippen molar-refractivity contribution in [2.75, 3.05) is 26.2 Å². The topological polar surface area (TPSA) is 106 Å². The first-order chi connectivity index (χ1) is 12.0. The van der Waals surface area contributed by atoms with E-state index < -0.39 is 0 Å². The van der Waals surface area contributed by atoms with Crippen LogP contribution >= 0.6 is 0 Å². The molecule has 2 aliphatic heterocycles. The highest BCUT2D eigenvalue weighted by Gasteiger charge is 2.34. The Bertz CT molecular complexity index is 632. The van der Waals surface area contributed by atoms with Gasteiger partial charge in [-0.3, -0.25) is 14.5 Å². The number of carbonyl (C=O) groups excluding carboxylic acids is 2. The van der Waals surface area contributed by atoms with Gasteiger partial charge in [0.05, 0.1) is 17.9 Å². The van der Waals surface area contributed by atoms with Gasteiger partial charge in [0, 0.05) is 19.6 Å². The Morgan fingerprint density at radius 2 is 2.00 bits per heavy atom. The molecule has 0 spiro atoms. The van der Waals surface area contributed by atoms with Gasteiger partial charge >= 0.3 is 0 Å². The van der Waals surface area contributed by atoms with E-state index in [1.807, 2.05) is 13.8 Å². The quantitative estimate of drug-likeness (QED) is 0.856. The van der Waals surface area contributed by atoms with E-state index >= 15 is 0 Å². The highest BCUT2D eigenvalue weighted by molar-refractivity contribution is 5.83. The Hall–Kier alpha value is -1.96. The number of amides is 2. The van der Waals surface area contributed by atoms with E-state index in [4.69, 9.17) is 10.3 Å². The highest BCUT2D eigenvalue weighted by atomic mass is 16.5. The Kier molecular flexibility index (Phi) is 5.36. The van der Waals surface area contributed by atoms with Crippen LogP contribution in [0.1, 0.15) is 50.2 Å². The maximum atomic E-state index is 12.9. The van der Waals surface area contributed by atoms with E-state index in [1.54, 1.807) is 4.90 Å². The summed E-state index contributed by atoms with van der Waals surface area (Å²) in [5.41, 5.74) is 5.42. The van der Waals surface area contributed by atoms with Crippen LogP contribution in [-0.4, -0.2) is 64.0 Å². The molecule has 3 heterocycles. The summed E-state index contributed by atoms with van der Waals surface area (Å²) in [6.45, 7) is 6.51. The monoisotopic (exact) mass is 349 g/mol. The molecule has 2 amide bonds. The number of nitrogens with two attached hydrogens (primary N) is 1. The summed E-state index contributed by atoms with van der Waals surface area (Å²) in [7, 11) is 0. The van der Waals surface area contributed by atoms with Crippen molar-refractivity contribution < 1.29 is 14.1 Å². The molecule has 0 radical (unpaired) electrons. The molecule has 2 saturated heterocycles.